The highest BCUT2D eigenvalue weighted by Crippen LogP contribution is 2.27. The monoisotopic (exact) mass is 521 g/mol. The van der Waals surface area contributed by atoms with E-state index in [2.05, 4.69) is 49.8 Å². The van der Waals surface area contributed by atoms with Crippen LogP contribution in [0.4, 0.5) is 5.82 Å². The first kappa shape index (κ1) is 22.7. The minimum absolute atomic E-state index is 0. The van der Waals surface area contributed by atoms with Gasteiger partial charge in [0, 0.05) is 39.3 Å². The van der Waals surface area contributed by atoms with Gasteiger partial charge in [-0.15, -0.1) is 24.0 Å². The molecule has 2 aliphatic rings. The van der Waals surface area contributed by atoms with Crippen molar-refractivity contribution in [2.45, 2.75) is 44.8 Å². The van der Waals surface area contributed by atoms with Crippen molar-refractivity contribution in [3.8, 4) is 5.75 Å². The number of hydrogen-bond acceptors (Lipinski definition) is 4. The quantitative estimate of drug-likeness (QED) is 0.357. The lowest BCUT2D eigenvalue weighted by Gasteiger charge is -2.22. The number of para-hydroxylation sites is 1. The van der Waals surface area contributed by atoms with E-state index in [9.17, 15) is 0 Å². The molecule has 6 nitrogen and oxygen atoms in total. The van der Waals surface area contributed by atoms with Crippen LogP contribution < -0.4 is 20.3 Å². The summed E-state index contributed by atoms with van der Waals surface area (Å²) < 4.78 is 6.00. The molecular formula is C23H32IN5O. The normalized spacial score (nSPS) is 18.6. The number of nitrogens with zero attached hydrogens (tertiary/aromatic N) is 3. The first-order valence-corrected chi connectivity index (χ1v) is 10.7. The van der Waals surface area contributed by atoms with Crippen LogP contribution in [0.5, 0.6) is 5.75 Å². The van der Waals surface area contributed by atoms with Crippen LogP contribution in [0.1, 0.15) is 36.8 Å². The van der Waals surface area contributed by atoms with Gasteiger partial charge in [0.25, 0.3) is 0 Å². The Morgan fingerprint density at radius 3 is 2.70 bits per heavy atom. The van der Waals surface area contributed by atoms with E-state index in [1.165, 1.54) is 36.8 Å². The smallest absolute Gasteiger partial charge is 0.191 e. The van der Waals surface area contributed by atoms with Crippen molar-refractivity contribution in [3.63, 3.8) is 0 Å². The Morgan fingerprint density at radius 1 is 1.13 bits per heavy atom. The second kappa shape index (κ2) is 11.4. The SMILES string of the molecule is CN=C(NCc1ccnc(N2CCCCCC2)c1)NCC1Cc2ccccc2O1.I. The Hall–Kier alpha value is -2.03. The van der Waals surface area contributed by atoms with Gasteiger partial charge in [-0.25, -0.2) is 4.98 Å². The molecule has 0 amide bonds. The van der Waals surface area contributed by atoms with Crippen LogP contribution in [0.25, 0.3) is 0 Å². The number of hydrogen-bond donors (Lipinski definition) is 2. The molecule has 1 aromatic heterocycles. The molecular weight excluding hydrogens is 489 g/mol. The van der Waals surface area contributed by atoms with Crippen molar-refractivity contribution in [1.82, 2.24) is 15.6 Å². The molecule has 30 heavy (non-hydrogen) atoms. The number of fused-ring (bicyclic) bond motifs is 1. The summed E-state index contributed by atoms with van der Waals surface area (Å²) in [5.41, 5.74) is 2.49. The van der Waals surface area contributed by atoms with Gasteiger partial charge in [-0.1, -0.05) is 31.0 Å². The zero-order valence-corrected chi connectivity index (χ0v) is 20.0. The van der Waals surface area contributed by atoms with Crippen molar-refractivity contribution >= 4 is 35.8 Å². The molecule has 0 radical (unpaired) electrons. The van der Waals surface area contributed by atoms with Crippen molar-refractivity contribution in [3.05, 3.63) is 53.7 Å². The van der Waals surface area contributed by atoms with Gasteiger partial charge in [-0.2, -0.15) is 0 Å². The van der Waals surface area contributed by atoms with E-state index < -0.39 is 0 Å². The molecule has 2 aromatic rings. The van der Waals surface area contributed by atoms with Crippen molar-refractivity contribution in [1.29, 1.82) is 0 Å². The van der Waals surface area contributed by atoms with Gasteiger partial charge in [0.15, 0.2) is 5.96 Å². The minimum atomic E-state index is 0. The third kappa shape index (κ3) is 6.00. The zero-order valence-electron chi connectivity index (χ0n) is 17.6. The molecule has 0 bridgehead atoms. The number of aromatic nitrogens is 1. The lowest BCUT2D eigenvalue weighted by molar-refractivity contribution is 0.235. The predicted molar refractivity (Wildman–Crippen MR) is 133 cm³/mol. The zero-order chi connectivity index (χ0) is 19.9. The molecule has 1 aromatic carbocycles. The standard InChI is InChI=1S/C23H31N5O.HI/c1-24-23(27-17-20-15-19-8-4-5-9-21(19)29-20)26-16-18-10-11-25-22(14-18)28-12-6-2-3-7-13-28;/h4-5,8-11,14,20H,2-3,6-7,12-13,15-17H2,1H3,(H2,24,26,27);1H. The first-order chi connectivity index (χ1) is 14.3. The molecule has 0 spiro atoms. The molecule has 1 atom stereocenters. The third-order valence-corrected chi connectivity index (χ3v) is 5.63. The maximum absolute atomic E-state index is 6.00. The van der Waals surface area contributed by atoms with Crippen LogP contribution in [0.15, 0.2) is 47.6 Å². The van der Waals surface area contributed by atoms with Crippen LogP contribution in [-0.4, -0.2) is 43.7 Å². The van der Waals surface area contributed by atoms with E-state index in [-0.39, 0.29) is 30.1 Å². The molecule has 2 aliphatic heterocycles. The largest absolute Gasteiger partial charge is 0.488 e. The Balaban J connectivity index is 0.00000256. The number of benzene rings is 1. The summed E-state index contributed by atoms with van der Waals surface area (Å²) in [6.07, 6.45) is 8.16. The Bertz CT molecular complexity index is 811. The van der Waals surface area contributed by atoms with E-state index >= 15 is 0 Å². The number of aliphatic imine (C=N–C) groups is 1. The van der Waals surface area contributed by atoms with Crippen molar-refractivity contribution < 1.29 is 4.74 Å². The van der Waals surface area contributed by atoms with Crippen LogP contribution in [0, 0.1) is 0 Å². The van der Waals surface area contributed by atoms with Crippen molar-refractivity contribution in [2.75, 3.05) is 31.6 Å². The van der Waals surface area contributed by atoms with Gasteiger partial charge < -0.3 is 20.3 Å². The van der Waals surface area contributed by atoms with Crippen LogP contribution in [0.3, 0.4) is 0 Å². The number of nitrogens with one attached hydrogen (secondary N) is 2. The highest BCUT2D eigenvalue weighted by atomic mass is 127. The lowest BCUT2D eigenvalue weighted by Crippen LogP contribution is -2.42. The van der Waals surface area contributed by atoms with Gasteiger partial charge >= 0.3 is 0 Å². The van der Waals surface area contributed by atoms with E-state index in [0.717, 1.165) is 50.1 Å². The maximum atomic E-state index is 6.00. The average molecular weight is 521 g/mol. The van der Waals surface area contributed by atoms with E-state index in [0.29, 0.717) is 0 Å². The summed E-state index contributed by atoms with van der Waals surface area (Å²) in [5.74, 6) is 2.88. The number of anilines is 1. The Labute approximate surface area is 196 Å². The topological polar surface area (TPSA) is 61.8 Å². The highest BCUT2D eigenvalue weighted by molar-refractivity contribution is 14.0. The van der Waals surface area contributed by atoms with E-state index in [1.807, 2.05) is 18.3 Å². The number of guanidine groups is 1. The Morgan fingerprint density at radius 2 is 1.93 bits per heavy atom. The number of ether oxygens (including phenoxy) is 1. The van der Waals surface area contributed by atoms with Crippen LogP contribution >= 0.6 is 24.0 Å². The van der Waals surface area contributed by atoms with Gasteiger partial charge in [0.2, 0.25) is 0 Å². The molecule has 4 rings (SSSR count). The fraction of sp³-hybridized carbons (Fsp3) is 0.478. The molecule has 2 N–H and O–H groups in total. The van der Waals surface area contributed by atoms with Gasteiger partial charge in [0.1, 0.15) is 17.7 Å². The molecule has 1 saturated heterocycles. The lowest BCUT2D eigenvalue weighted by atomic mass is 10.1. The second-order valence-corrected chi connectivity index (χ2v) is 7.78. The maximum Gasteiger partial charge on any atom is 0.191 e. The molecule has 1 unspecified atom stereocenters. The Kier molecular flexibility index (Phi) is 8.60. The van der Waals surface area contributed by atoms with Crippen molar-refractivity contribution in [2.24, 2.45) is 4.99 Å². The van der Waals surface area contributed by atoms with Crippen LogP contribution in [0.2, 0.25) is 0 Å². The first-order valence-electron chi connectivity index (χ1n) is 10.7. The summed E-state index contributed by atoms with van der Waals surface area (Å²) >= 11 is 0. The van der Waals surface area contributed by atoms with Gasteiger partial charge in [0.05, 0.1) is 6.54 Å². The van der Waals surface area contributed by atoms with E-state index in [4.69, 9.17) is 4.74 Å². The molecule has 0 aliphatic carbocycles. The fourth-order valence-electron chi connectivity index (χ4n) is 4.03. The molecule has 7 heteroatoms. The summed E-state index contributed by atoms with van der Waals surface area (Å²) in [7, 11) is 1.80. The fourth-order valence-corrected chi connectivity index (χ4v) is 4.03. The number of pyridine rings is 1. The van der Waals surface area contributed by atoms with E-state index in [1.54, 1.807) is 7.05 Å². The van der Waals surface area contributed by atoms with Crippen LogP contribution in [-0.2, 0) is 13.0 Å². The summed E-state index contributed by atoms with van der Waals surface area (Å²) in [6.45, 7) is 3.66. The number of rotatable bonds is 5. The molecule has 0 saturated carbocycles. The summed E-state index contributed by atoms with van der Waals surface area (Å²) in [5, 5.41) is 6.80. The summed E-state index contributed by atoms with van der Waals surface area (Å²) in [6, 6.07) is 12.5. The highest BCUT2D eigenvalue weighted by Gasteiger charge is 2.22. The molecule has 1 fully saturated rings. The minimum Gasteiger partial charge on any atom is -0.488 e. The predicted octanol–water partition coefficient (Wildman–Crippen LogP) is 3.75. The van der Waals surface area contributed by atoms with Gasteiger partial charge in [-0.05, 0) is 42.2 Å². The van der Waals surface area contributed by atoms with Gasteiger partial charge in [-0.3, -0.25) is 4.99 Å². The second-order valence-electron chi connectivity index (χ2n) is 7.78. The molecule has 3 heterocycles. The third-order valence-electron chi connectivity index (χ3n) is 5.63. The molecule has 162 valence electrons. The average Bonchev–Trinajstić information content (AvgIpc) is 2.98. The number of halogens is 1. The summed E-state index contributed by atoms with van der Waals surface area (Å²) in [4.78, 5) is 11.4.